The predicted octanol–water partition coefficient (Wildman–Crippen LogP) is 5.13. The number of hydrogen-bond acceptors (Lipinski definition) is 3. The fourth-order valence-electron chi connectivity index (χ4n) is 2.50. The van der Waals surface area contributed by atoms with Gasteiger partial charge in [0, 0.05) is 32.7 Å². The third-order valence-electron chi connectivity index (χ3n) is 3.83. The van der Waals surface area contributed by atoms with E-state index in [0.717, 1.165) is 16.7 Å². The van der Waals surface area contributed by atoms with E-state index in [1.807, 2.05) is 12.1 Å². The molecule has 0 amide bonds. The van der Waals surface area contributed by atoms with E-state index in [1.165, 1.54) is 5.56 Å². The van der Waals surface area contributed by atoms with Gasteiger partial charge in [0.2, 0.25) is 0 Å². The van der Waals surface area contributed by atoms with Gasteiger partial charge in [0.05, 0.1) is 14.2 Å². The standard InChI is InChI=1S/C19H24NO2.H3N2.Y/c1-19(2,3)16-8-6-13(7-9-16)14-10-15(12-20)18(22-5)17(11-14)21-4;1-2;/h6-11,20H,12H2,1-5H3;1H,2H2;/q2*-1;. The fourth-order valence-corrected chi connectivity index (χ4v) is 2.50. The molecule has 4 N–H and O–H groups in total. The van der Waals surface area contributed by atoms with Gasteiger partial charge in [-0.15, -0.1) is 6.54 Å². The van der Waals surface area contributed by atoms with Gasteiger partial charge in [0.25, 0.3) is 0 Å². The van der Waals surface area contributed by atoms with Crippen LogP contribution in [0.4, 0.5) is 0 Å². The molecule has 25 heavy (non-hydrogen) atoms. The minimum Gasteiger partial charge on any atom is -0.674 e. The van der Waals surface area contributed by atoms with Crippen molar-refractivity contribution in [3.05, 3.63) is 59.1 Å². The van der Waals surface area contributed by atoms with Gasteiger partial charge in [-0.2, -0.15) is 0 Å². The molecule has 2 aromatic rings. The first kappa shape index (κ1) is 24.0. The molecular formula is C19H27N3O2Y-2. The molecule has 2 aromatic carbocycles. The second-order valence-electron chi connectivity index (χ2n) is 6.38. The molecule has 0 atom stereocenters. The van der Waals surface area contributed by atoms with Crippen LogP contribution in [0.3, 0.4) is 0 Å². The van der Waals surface area contributed by atoms with E-state index in [2.05, 4.69) is 50.9 Å². The molecule has 0 aliphatic heterocycles. The number of nitrogens with one attached hydrogen (secondary N) is 2. The number of methoxy groups -OCH3 is 2. The van der Waals surface area contributed by atoms with Crippen molar-refractivity contribution in [1.82, 2.24) is 0 Å². The van der Waals surface area contributed by atoms with Crippen molar-refractivity contribution in [1.29, 1.82) is 0 Å². The van der Waals surface area contributed by atoms with Crippen LogP contribution in [0, 0.1) is 0 Å². The molecule has 0 bridgehead atoms. The topological polar surface area (TPSA) is 92.1 Å². The molecule has 0 aliphatic carbocycles. The van der Waals surface area contributed by atoms with Crippen LogP contribution in [0.25, 0.3) is 22.7 Å². The third kappa shape index (κ3) is 6.05. The molecule has 1 radical (unpaired) electrons. The molecule has 0 unspecified atom stereocenters. The molecule has 0 heterocycles. The zero-order valence-corrected chi connectivity index (χ0v) is 18.5. The normalized spacial score (nSPS) is 10.2. The summed E-state index contributed by atoms with van der Waals surface area (Å²) in [5.41, 5.74) is 12.1. The molecule has 0 saturated carbocycles. The Labute approximate surface area is 176 Å². The van der Waals surface area contributed by atoms with E-state index in [1.54, 1.807) is 14.2 Å². The predicted molar refractivity (Wildman–Crippen MR) is 100 cm³/mol. The van der Waals surface area contributed by atoms with E-state index in [0.29, 0.717) is 11.5 Å². The monoisotopic (exact) mass is 418 g/mol. The van der Waals surface area contributed by atoms with Crippen LogP contribution < -0.4 is 15.3 Å². The first-order chi connectivity index (χ1) is 11.4. The van der Waals surface area contributed by atoms with E-state index in [9.17, 15) is 0 Å². The molecule has 0 spiro atoms. The van der Waals surface area contributed by atoms with E-state index >= 15 is 0 Å². The Morgan fingerprint density at radius 3 is 1.88 bits per heavy atom. The second-order valence-corrected chi connectivity index (χ2v) is 6.38. The Morgan fingerprint density at radius 1 is 0.920 bits per heavy atom. The van der Waals surface area contributed by atoms with Crippen LogP contribution in [-0.2, 0) is 44.7 Å². The summed E-state index contributed by atoms with van der Waals surface area (Å²) in [4.78, 5) is 0. The molecule has 0 saturated heterocycles. The van der Waals surface area contributed by atoms with Gasteiger partial charge >= 0.3 is 0 Å². The first-order valence-electron chi connectivity index (χ1n) is 7.70. The quantitative estimate of drug-likeness (QED) is 0.551. The minimum absolute atomic E-state index is 0. The largest absolute Gasteiger partial charge is 0.674 e. The van der Waals surface area contributed by atoms with Gasteiger partial charge < -0.3 is 26.9 Å². The zero-order valence-electron chi connectivity index (χ0n) is 15.6. The van der Waals surface area contributed by atoms with Gasteiger partial charge in [0.15, 0.2) is 11.5 Å². The summed E-state index contributed by atoms with van der Waals surface area (Å²) >= 11 is 0. The number of nitrogens with two attached hydrogens (primary N) is 1. The van der Waals surface area contributed by atoms with Crippen molar-refractivity contribution in [3.8, 4) is 22.6 Å². The van der Waals surface area contributed by atoms with Crippen molar-refractivity contribution in [2.45, 2.75) is 32.7 Å². The van der Waals surface area contributed by atoms with Gasteiger partial charge in [-0.25, -0.2) is 0 Å². The number of benzene rings is 2. The van der Waals surface area contributed by atoms with Crippen LogP contribution in [-0.4, -0.2) is 14.2 Å². The molecule has 0 aromatic heterocycles. The maximum Gasteiger partial charge on any atom is 0.162 e. The maximum atomic E-state index is 7.70. The Kier molecular flexibility index (Phi) is 10.5. The smallest absolute Gasteiger partial charge is 0.162 e. The van der Waals surface area contributed by atoms with Crippen molar-refractivity contribution in [2.75, 3.05) is 14.2 Å². The Balaban J connectivity index is 0.00000185. The van der Waals surface area contributed by atoms with E-state index in [-0.39, 0.29) is 44.7 Å². The molecule has 0 aliphatic rings. The van der Waals surface area contributed by atoms with Gasteiger partial charge in [-0.1, -0.05) is 45.0 Å². The summed E-state index contributed by atoms with van der Waals surface area (Å²) in [7, 11) is 3.23. The average Bonchev–Trinajstić information content (AvgIpc) is 2.61. The first-order valence-corrected chi connectivity index (χ1v) is 7.70. The number of hydrogen-bond donors (Lipinski definition) is 1. The van der Waals surface area contributed by atoms with Crippen molar-refractivity contribution >= 4 is 0 Å². The molecule has 2 rings (SSSR count). The van der Waals surface area contributed by atoms with Gasteiger partial charge in [-0.3, -0.25) is 0 Å². The maximum absolute atomic E-state index is 7.70. The molecular weight excluding hydrogens is 391 g/mol. The summed E-state index contributed by atoms with van der Waals surface area (Å²) in [5.74, 6) is 10.3. The Morgan fingerprint density at radius 2 is 1.48 bits per heavy atom. The van der Waals surface area contributed by atoms with Gasteiger partial charge in [-0.05, 0) is 39.8 Å². The summed E-state index contributed by atoms with van der Waals surface area (Å²) in [6.45, 7) is 6.78. The van der Waals surface area contributed by atoms with Crippen molar-refractivity contribution in [2.24, 2.45) is 5.84 Å². The molecule has 0 fully saturated rings. The summed E-state index contributed by atoms with van der Waals surface area (Å²) in [6.07, 6.45) is 0. The Bertz CT molecular complexity index is 628. The third-order valence-corrected chi connectivity index (χ3v) is 3.83. The zero-order chi connectivity index (χ0) is 18.3. The van der Waals surface area contributed by atoms with Crippen LogP contribution in [0.2, 0.25) is 0 Å². The fraction of sp³-hybridized carbons (Fsp3) is 0.368. The minimum atomic E-state index is 0. The van der Waals surface area contributed by atoms with Crippen LogP contribution in [0.5, 0.6) is 11.5 Å². The Hall–Kier alpha value is -0.976. The van der Waals surface area contributed by atoms with Crippen LogP contribution >= 0.6 is 0 Å². The molecule has 5 nitrogen and oxygen atoms in total. The summed E-state index contributed by atoms with van der Waals surface area (Å²) in [5, 5.41) is 0. The summed E-state index contributed by atoms with van der Waals surface area (Å²) < 4.78 is 10.8. The van der Waals surface area contributed by atoms with Crippen molar-refractivity contribution < 1.29 is 42.2 Å². The van der Waals surface area contributed by atoms with E-state index in [4.69, 9.17) is 21.1 Å². The number of ether oxygens (including phenoxy) is 2. The SMILES string of the molecule is COc1cc(-c2ccc(C(C)(C)C)cc2)cc(C[NH-])c1OC.[NH-]N.[Y]. The van der Waals surface area contributed by atoms with Crippen LogP contribution in [0.15, 0.2) is 36.4 Å². The summed E-state index contributed by atoms with van der Waals surface area (Å²) in [6, 6.07) is 12.5. The number of rotatable bonds is 4. The van der Waals surface area contributed by atoms with Crippen molar-refractivity contribution in [3.63, 3.8) is 0 Å². The molecule has 6 heteroatoms. The second kappa shape index (κ2) is 10.9. The molecule has 135 valence electrons. The van der Waals surface area contributed by atoms with Crippen LogP contribution in [0.1, 0.15) is 31.9 Å². The average molecular weight is 418 g/mol. The van der Waals surface area contributed by atoms with E-state index < -0.39 is 0 Å². The van der Waals surface area contributed by atoms with Gasteiger partial charge in [0.1, 0.15) is 0 Å².